The van der Waals surface area contributed by atoms with Crippen molar-refractivity contribution in [2.45, 2.75) is 46.1 Å². The Bertz CT molecular complexity index is 459. The molecule has 1 saturated carbocycles. The monoisotopic (exact) mass is 242 g/mol. The Morgan fingerprint density at radius 1 is 1.28 bits per heavy atom. The summed E-state index contributed by atoms with van der Waals surface area (Å²) in [7, 11) is 0. The molecule has 1 aliphatic carbocycles. The van der Waals surface area contributed by atoms with Gasteiger partial charge in [0.15, 0.2) is 0 Å². The van der Waals surface area contributed by atoms with Gasteiger partial charge in [0.1, 0.15) is 0 Å². The summed E-state index contributed by atoms with van der Waals surface area (Å²) in [5, 5.41) is 12.6. The van der Waals surface area contributed by atoms with Crippen molar-refractivity contribution in [3.05, 3.63) is 29.3 Å². The molecule has 0 aliphatic heterocycles. The summed E-state index contributed by atoms with van der Waals surface area (Å²) >= 11 is 0. The van der Waals surface area contributed by atoms with Gasteiger partial charge in [-0.15, -0.1) is 0 Å². The molecule has 2 heteroatoms. The third-order valence-electron chi connectivity index (χ3n) is 4.17. The molecule has 1 aliphatic rings. The van der Waals surface area contributed by atoms with Gasteiger partial charge in [-0.2, -0.15) is 5.26 Å². The normalized spacial score (nSPS) is 27.6. The molecular weight excluding hydrogens is 220 g/mol. The molecular formula is C16H22N2. The van der Waals surface area contributed by atoms with Crippen molar-refractivity contribution >= 4 is 5.69 Å². The van der Waals surface area contributed by atoms with E-state index in [1.807, 2.05) is 18.2 Å². The van der Waals surface area contributed by atoms with Gasteiger partial charge in [-0.25, -0.2) is 0 Å². The van der Waals surface area contributed by atoms with Crippen LogP contribution in [0.2, 0.25) is 0 Å². The summed E-state index contributed by atoms with van der Waals surface area (Å²) in [6.07, 6.45) is 3.88. The third-order valence-corrected chi connectivity index (χ3v) is 4.17. The van der Waals surface area contributed by atoms with E-state index in [-0.39, 0.29) is 0 Å². The highest BCUT2D eigenvalue weighted by molar-refractivity contribution is 5.55. The second-order valence-corrected chi connectivity index (χ2v) is 5.79. The van der Waals surface area contributed by atoms with Crippen molar-refractivity contribution in [2.75, 3.05) is 5.32 Å². The number of nitrogens with one attached hydrogen (secondary N) is 1. The molecule has 3 atom stereocenters. The molecule has 0 heterocycles. The van der Waals surface area contributed by atoms with E-state index in [2.05, 4.69) is 32.2 Å². The van der Waals surface area contributed by atoms with Gasteiger partial charge >= 0.3 is 0 Å². The van der Waals surface area contributed by atoms with E-state index in [4.69, 9.17) is 5.26 Å². The van der Waals surface area contributed by atoms with Gasteiger partial charge in [0, 0.05) is 11.7 Å². The molecule has 18 heavy (non-hydrogen) atoms. The summed E-state index contributed by atoms with van der Waals surface area (Å²) in [6, 6.07) is 8.64. The molecule has 2 nitrogen and oxygen atoms in total. The zero-order chi connectivity index (χ0) is 13.1. The summed E-state index contributed by atoms with van der Waals surface area (Å²) in [5.41, 5.74) is 3.08. The molecule has 0 spiro atoms. The molecule has 0 radical (unpaired) electrons. The van der Waals surface area contributed by atoms with Crippen LogP contribution in [0.5, 0.6) is 0 Å². The van der Waals surface area contributed by atoms with Gasteiger partial charge in [-0.05, 0) is 49.3 Å². The molecule has 0 amide bonds. The summed E-state index contributed by atoms with van der Waals surface area (Å²) in [5.74, 6) is 1.52. The van der Waals surface area contributed by atoms with Crippen molar-refractivity contribution in [3.8, 4) is 6.07 Å². The fraction of sp³-hybridized carbons (Fsp3) is 0.562. The van der Waals surface area contributed by atoms with E-state index >= 15 is 0 Å². The Kier molecular flexibility index (Phi) is 3.91. The van der Waals surface area contributed by atoms with Gasteiger partial charge in [0.05, 0.1) is 11.6 Å². The topological polar surface area (TPSA) is 35.8 Å². The highest BCUT2D eigenvalue weighted by atomic mass is 14.9. The van der Waals surface area contributed by atoms with Gasteiger partial charge in [-0.3, -0.25) is 0 Å². The minimum Gasteiger partial charge on any atom is -0.382 e. The molecule has 96 valence electrons. The Balaban J connectivity index is 2.15. The van der Waals surface area contributed by atoms with Crippen LogP contribution in [-0.4, -0.2) is 6.04 Å². The van der Waals surface area contributed by atoms with Crippen LogP contribution in [0.25, 0.3) is 0 Å². The number of nitrogens with zero attached hydrogens (tertiary/aromatic N) is 1. The second-order valence-electron chi connectivity index (χ2n) is 5.79. The second kappa shape index (κ2) is 5.44. The van der Waals surface area contributed by atoms with Crippen molar-refractivity contribution < 1.29 is 0 Å². The number of aryl methyl sites for hydroxylation is 1. The van der Waals surface area contributed by atoms with Crippen molar-refractivity contribution in [1.29, 1.82) is 5.26 Å². The third kappa shape index (κ3) is 2.85. The van der Waals surface area contributed by atoms with Crippen molar-refractivity contribution in [2.24, 2.45) is 11.8 Å². The standard InChI is InChI=1S/C16H22N2/c1-11-4-5-12(2)15(8-11)18-16-9-14(10-17)7-6-13(16)3/h6-7,9,11-12,15,18H,4-5,8H2,1-3H3. The molecule has 0 aromatic heterocycles. The SMILES string of the molecule is Cc1ccc(C#N)cc1NC1CC(C)CCC1C. The van der Waals surface area contributed by atoms with Gasteiger partial charge in [-0.1, -0.05) is 26.3 Å². The number of benzene rings is 1. The smallest absolute Gasteiger partial charge is 0.0992 e. The maximum atomic E-state index is 8.98. The van der Waals surface area contributed by atoms with Crippen LogP contribution in [-0.2, 0) is 0 Å². The van der Waals surface area contributed by atoms with Crippen LogP contribution in [0.1, 0.15) is 44.2 Å². The molecule has 1 aromatic carbocycles. The van der Waals surface area contributed by atoms with E-state index in [0.717, 1.165) is 17.2 Å². The Morgan fingerprint density at radius 2 is 2.06 bits per heavy atom. The van der Waals surface area contributed by atoms with Gasteiger partial charge < -0.3 is 5.32 Å². The van der Waals surface area contributed by atoms with Crippen molar-refractivity contribution in [3.63, 3.8) is 0 Å². The first-order chi connectivity index (χ1) is 8.60. The number of anilines is 1. The molecule has 0 bridgehead atoms. The lowest BCUT2D eigenvalue weighted by Gasteiger charge is -2.34. The molecule has 1 aromatic rings. The number of hydrogen-bond acceptors (Lipinski definition) is 2. The van der Waals surface area contributed by atoms with E-state index < -0.39 is 0 Å². The largest absolute Gasteiger partial charge is 0.382 e. The molecule has 0 saturated heterocycles. The Morgan fingerprint density at radius 3 is 2.78 bits per heavy atom. The lowest BCUT2D eigenvalue weighted by Crippen LogP contribution is -2.33. The zero-order valence-corrected chi connectivity index (χ0v) is 11.5. The molecule has 1 N–H and O–H groups in total. The Labute approximate surface area is 110 Å². The van der Waals surface area contributed by atoms with Crippen LogP contribution in [0.4, 0.5) is 5.69 Å². The highest BCUT2D eigenvalue weighted by Crippen LogP contribution is 2.31. The predicted octanol–water partition coefficient (Wildman–Crippen LogP) is 4.10. The number of rotatable bonds is 2. The quantitative estimate of drug-likeness (QED) is 0.847. The predicted molar refractivity (Wildman–Crippen MR) is 75.5 cm³/mol. The van der Waals surface area contributed by atoms with Crippen molar-refractivity contribution in [1.82, 2.24) is 0 Å². The summed E-state index contributed by atoms with van der Waals surface area (Å²) < 4.78 is 0. The zero-order valence-electron chi connectivity index (χ0n) is 11.5. The summed E-state index contributed by atoms with van der Waals surface area (Å²) in [4.78, 5) is 0. The van der Waals surface area contributed by atoms with Gasteiger partial charge in [0.2, 0.25) is 0 Å². The minimum atomic E-state index is 0.543. The Hall–Kier alpha value is -1.49. The van der Waals surface area contributed by atoms with E-state index in [0.29, 0.717) is 12.0 Å². The maximum absolute atomic E-state index is 8.98. The van der Waals surface area contributed by atoms with Crippen LogP contribution in [0.15, 0.2) is 18.2 Å². The van der Waals surface area contributed by atoms with Crippen LogP contribution >= 0.6 is 0 Å². The maximum Gasteiger partial charge on any atom is 0.0992 e. The first kappa shape index (κ1) is 13.0. The highest BCUT2D eigenvalue weighted by Gasteiger charge is 2.25. The minimum absolute atomic E-state index is 0.543. The van der Waals surface area contributed by atoms with Crippen LogP contribution < -0.4 is 5.32 Å². The van der Waals surface area contributed by atoms with Crippen LogP contribution in [0, 0.1) is 30.1 Å². The fourth-order valence-corrected chi connectivity index (χ4v) is 2.78. The molecule has 1 fully saturated rings. The first-order valence-electron chi connectivity index (χ1n) is 6.87. The molecule has 2 rings (SSSR count). The lowest BCUT2D eigenvalue weighted by molar-refractivity contribution is 0.280. The van der Waals surface area contributed by atoms with Crippen LogP contribution in [0.3, 0.4) is 0 Å². The number of nitriles is 1. The average Bonchev–Trinajstić information content (AvgIpc) is 2.36. The summed E-state index contributed by atoms with van der Waals surface area (Å²) in [6.45, 7) is 6.76. The molecule has 3 unspecified atom stereocenters. The van der Waals surface area contributed by atoms with E-state index in [1.54, 1.807) is 0 Å². The first-order valence-corrected chi connectivity index (χ1v) is 6.87. The fourth-order valence-electron chi connectivity index (χ4n) is 2.78. The van der Waals surface area contributed by atoms with E-state index in [9.17, 15) is 0 Å². The van der Waals surface area contributed by atoms with E-state index in [1.165, 1.54) is 24.8 Å². The number of hydrogen-bond donors (Lipinski definition) is 1. The average molecular weight is 242 g/mol. The lowest BCUT2D eigenvalue weighted by atomic mass is 9.80. The van der Waals surface area contributed by atoms with Gasteiger partial charge in [0.25, 0.3) is 0 Å².